The van der Waals surface area contributed by atoms with Crippen molar-refractivity contribution in [2.24, 2.45) is 0 Å². The summed E-state index contributed by atoms with van der Waals surface area (Å²) in [6, 6.07) is 102. The molecule has 0 saturated carbocycles. The predicted octanol–water partition coefficient (Wildman–Crippen LogP) is 20.6. The molecule has 0 aliphatic heterocycles. The monoisotopic (exact) mass is 1040 g/mol. The summed E-state index contributed by atoms with van der Waals surface area (Å²) in [6.45, 7) is 4.93. The average molecular weight is 1040 g/mol. The molecule has 0 fully saturated rings. The van der Waals surface area contributed by atoms with Gasteiger partial charge in [-0.05, 0) is 148 Å². The Labute approximate surface area is 475 Å². The minimum absolute atomic E-state index is 0.410. The van der Waals surface area contributed by atoms with Crippen molar-refractivity contribution < 1.29 is 0 Å². The lowest BCUT2D eigenvalue weighted by molar-refractivity contribution is 0.670. The molecule has 0 bridgehead atoms. The van der Waals surface area contributed by atoms with Gasteiger partial charge in [-0.1, -0.05) is 238 Å². The Kier molecular flexibility index (Phi) is 9.22. The number of aromatic nitrogens is 2. The van der Waals surface area contributed by atoms with Crippen LogP contribution in [0.1, 0.15) is 47.2 Å². The highest BCUT2D eigenvalue weighted by Gasteiger charge is 2.52. The number of anilines is 3. The van der Waals surface area contributed by atoms with E-state index in [4.69, 9.17) is 4.98 Å². The summed E-state index contributed by atoms with van der Waals surface area (Å²) in [5, 5.41) is 11.3. The van der Waals surface area contributed by atoms with Gasteiger partial charge in [-0.15, -0.1) is 0 Å². The highest BCUT2D eigenvalue weighted by atomic mass is 15.2. The van der Waals surface area contributed by atoms with Crippen molar-refractivity contribution in [3.05, 3.63) is 306 Å². The topological polar surface area (TPSA) is 21.1 Å². The van der Waals surface area contributed by atoms with Crippen LogP contribution in [0.2, 0.25) is 0 Å². The Morgan fingerprint density at radius 1 is 0.366 bits per heavy atom. The second-order valence-corrected chi connectivity index (χ2v) is 23.2. The number of benzene rings is 13. The van der Waals surface area contributed by atoms with E-state index in [1.165, 1.54) is 115 Å². The van der Waals surface area contributed by atoms with E-state index in [1.54, 1.807) is 0 Å². The molecule has 0 unspecified atom stereocenters. The van der Waals surface area contributed by atoms with E-state index in [0.717, 1.165) is 50.4 Å². The first-order valence-electron chi connectivity index (χ1n) is 28.7. The zero-order valence-corrected chi connectivity index (χ0v) is 45.3. The Bertz CT molecular complexity index is 5190. The number of hydrogen-bond acceptors (Lipinski definition) is 2. The van der Waals surface area contributed by atoms with E-state index in [2.05, 4.69) is 296 Å². The lowest BCUT2D eigenvalue weighted by atomic mass is 9.70. The van der Waals surface area contributed by atoms with Crippen LogP contribution < -0.4 is 4.90 Å². The third-order valence-corrected chi connectivity index (χ3v) is 18.9. The highest BCUT2D eigenvalue weighted by Crippen LogP contribution is 2.65. The number of nitrogens with zero attached hydrogens (tertiary/aromatic N) is 3. The van der Waals surface area contributed by atoms with Gasteiger partial charge in [0.25, 0.3) is 0 Å². The molecule has 3 aliphatic carbocycles. The van der Waals surface area contributed by atoms with Gasteiger partial charge in [-0.3, -0.25) is 4.57 Å². The van der Waals surface area contributed by atoms with Gasteiger partial charge in [0.15, 0.2) is 0 Å². The minimum Gasteiger partial charge on any atom is -0.309 e. The smallest absolute Gasteiger partial charge is 0.138 e. The van der Waals surface area contributed by atoms with Gasteiger partial charge in [-0.25, -0.2) is 4.98 Å². The van der Waals surface area contributed by atoms with Gasteiger partial charge in [-0.2, -0.15) is 0 Å². The fraction of sp³-hybridized carbons (Fsp3) is 0.0506. The van der Waals surface area contributed by atoms with Gasteiger partial charge in [0.05, 0.1) is 33.3 Å². The summed E-state index contributed by atoms with van der Waals surface area (Å²) in [5.41, 5.74) is 23.7. The van der Waals surface area contributed by atoms with E-state index in [1.807, 2.05) is 0 Å². The van der Waals surface area contributed by atoms with Crippen molar-refractivity contribution in [2.45, 2.75) is 24.7 Å². The summed E-state index contributed by atoms with van der Waals surface area (Å²) < 4.78 is 2.49. The van der Waals surface area contributed by atoms with Gasteiger partial charge in [0.1, 0.15) is 5.82 Å². The Morgan fingerprint density at radius 3 is 1.66 bits per heavy atom. The van der Waals surface area contributed by atoms with Crippen LogP contribution in [0.4, 0.5) is 17.1 Å². The second kappa shape index (κ2) is 16.6. The summed E-state index contributed by atoms with van der Waals surface area (Å²) in [4.78, 5) is 8.11. The van der Waals surface area contributed by atoms with Crippen molar-refractivity contribution in [2.75, 3.05) is 4.90 Å². The SMILES string of the molecule is CC1(C)c2c(ccc3c4ccccc4c4ccccc4c23)-c2ccc3c4cc(N(c5ccccc5-c5ccccc5)c5cccc6c5-c5ccccc5C65c6ccccc6-c6ccccc65)ccc4n(-c4ccc5ccccc5n4)c3c21. The molecule has 2 aromatic heterocycles. The second-order valence-electron chi connectivity index (χ2n) is 23.2. The number of para-hydroxylation sites is 2. The highest BCUT2D eigenvalue weighted by molar-refractivity contribution is 6.28. The zero-order valence-electron chi connectivity index (χ0n) is 45.3. The van der Waals surface area contributed by atoms with E-state index < -0.39 is 10.8 Å². The van der Waals surface area contributed by atoms with E-state index in [0.29, 0.717) is 0 Å². The molecule has 18 rings (SSSR count). The molecule has 82 heavy (non-hydrogen) atoms. The Hall–Kier alpha value is -10.4. The molecule has 2 heterocycles. The molecule has 0 N–H and O–H groups in total. The summed E-state index contributed by atoms with van der Waals surface area (Å²) in [6.07, 6.45) is 0. The van der Waals surface area contributed by atoms with Crippen LogP contribution >= 0.6 is 0 Å². The lowest BCUT2D eigenvalue weighted by Crippen LogP contribution is -2.26. The maximum atomic E-state index is 5.54. The van der Waals surface area contributed by atoms with Crippen molar-refractivity contribution in [1.29, 1.82) is 0 Å². The minimum atomic E-state index is -0.501. The Balaban J connectivity index is 0.936. The fourth-order valence-corrected chi connectivity index (χ4v) is 15.8. The molecular formula is C79H51N3. The van der Waals surface area contributed by atoms with Crippen LogP contribution in [0.25, 0.3) is 115 Å². The van der Waals surface area contributed by atoms with E-state index in [-0.39, 0.29) is 0 Å². The number of pyridine rings is 1. The summed E-state index contributed by atoms with van der Waals surface area (Å²) in [7, 11) is 0. The van der Waals surface area contributed by atoms with Crippen LogP contribution in [-0.4, -0.2) is 9.55 Å². The molecule has 0 amide bonds. The van der Waals surface area contributed by atoms with Crippen molar-refractivity contribution >= 4 is 82.1 Å². The molecule has 1 spiro atoms. The molecular weight excluding hydrogens is 991 g/mol. The van der Waals surface area contributed by atoms with Crippen LogP contribution in [0.3, 0.4) is 0 Å². The van der Waals surface area contributed by atoms with Crippen LogP contribution in [-0.2, 0) is 10.8 Å². The van der Waals surface area contributed by atoms with Crippen LogP contribution in [0.15, 0.2) is 273 Å². The number of hydrogen-bond donors (Lipinski definition) is 0. The first-order chi connectivity index (χ1) is 40.5. The van der Waals surface area contributed by atoms with E-state index >= 15 is 0 Å². The Morgan fingerprint density at radius 2 is 0.915 bits per heavy atom. The maximum Gasteiger partial charge on any atom is 0.138 e. The normalized spacial score (nSPS) is 13.9. The molecule has 3 aliphatic rings. The molecule has 0 radical (unpaired) electrons. The van der Waals surface area contributed by atoms with Crippen LogP contribution in [0, 0.1) is 0 Å². The lowest BCUT2D eigenvalue weighted by Gasteiger charge is -2.32. The predicted molar refractivity (Wildman–Crippen MR) is 343 cm³/mol. The maximum absolute atomic E-state index is 5.54. The molecule has 15 aromatic rings. The van der Waals surface area contributed by atoms with Gasteiger partial charge < -0.3 is 4.90 Å². The first kappa shape index (κ1) is 45.5. The van der Waals surface area contributed by atoms with Gasteiger partial charge >= 0.3 is 0 Å². The van der Waals surface area contributed by atoms with Crippen molar-refractivity contribution in [3.63, 3.8) is 0 Å². The van der Waals surface area contributed by atoms with E-state index in [9.17, 15) is 0 Å². The molecule has 0 atom stereocenters. The zero-order chi connectivity index (χ0) is 54.0. The third kappa shape index (κ3) is 5.86. The van der Waals surface area contributed by atoms with Crippen molar-refractivity contribution in [1.82, 2.24) is 9.55 Å². The van der Waals surface area contributed by atoms with Crippen molar-refractivity contribution in [3.8, 4) is 50.3 Å². The summed E-state index contributed by atoms with van der Waals surface area (Å²) in [5.74, 6) is 0.902. The largest absolute Gasteiger partial charge is 0.309 e. The molecule has 0 saturated heterocycles. The first-order valence-corrected chi connectivity index (χ1v) is 28.7. The number of rotatable bonds is 5. The quantitative estimate of drug-likeness (QED) is 0.160. The molecule has 3 nitrogen and oxygen atoms in total. The third-order valence-electron chi connectivity index (χ3n) is 18.9. The molecule has 13 aromatic carbocycles. The number of fused-ring (bicyclic) bond motifs is 25. The molecule has 382 valence electrons. The van der Waals surface area contributed by atoms with Gasteiger partial charge in [0.2, 0.25) is 0 Å². The molecule has 3 heteroatoms. The summed E-state index contributed by atoms with van der Waals surface area (Å²) >= 11 is 0. The standard InChI is InChI=1S/C79H51N3/c1-78(2)75-59(42-41-58-54-27-8-7-25-52(54)53-26-9-10-30-57(53)73(58)75)60-43-44-61-63-47-50(40-45-70(63)82(77(61)76(60)78)72-46-39-49-23-6-18-36-68(49)80-72)81(69-37-19-14-24-51(69)48-21-4-3-5-22-48)71-38-20-35-67-74(71)62-31-13-17-34-66(62)79(67)64-32-15-11-28-55(64)56-29-12-16-33-65(56)79/h3-47H,1-2H3. The van der Waals surface area contributed by atoms with Gasteiger partial charge in [0, 0.05) is 38.4 Å². The van der Waals surface area contributed by atoms with Crippen LogP contribution in [0.5, 0.6) is 0 Å². The average Bonchev–Trinajstić information content (AvgIpc) is 1.89. The fourth-order valence-electron chi connectivity index (χ4n) is 15.8.